The minimum atomic E-state index is -7.60. The Balaban J connectivity index is 6.49. The van der Waals surface area contributed by atoms with Crippen LogP contribution in [0.15, 0.2) is 0 Å². The van der Waals surface area contributed by atoms with Crippen molar-refractivity contribution in [1.29, 1.82) is 0 Å². The summed E-state index contributed by atoms with van der Waals surface area (Å²) in [6.45, 7) is -3.74. The topological polar surface area (TPSA) is 130 Å². The number of alkyl halides is 27. The third-order valence-electron chi connectivity index (χ3n) is 7.74. The second-order valence-corrected chi connectivity index (χ2v) is 18.0. The minimum Gasteiger partial charge on any atom is -0.270 e. The van der Waals surface area contributed by atoms with Gasteiger partial charge in [0, 0.05) is 32.1 Å². The molecule has 0 rings (SSSR count). The zero-order valence-electron chi connectivity index (χ0n) is 29.7. The van der Waals surface area contributed by atoms with Gasteiger partial charge in [0.25, 0.3) is 30.4 Å². The molecule has 9 nitrogen and oxygen atoms in total. The second-order valence-electron chi connectivity index (χ2n) is 12.8. The lowest BCUT2D eigenvalue weighted by atomic mass is 9.99. The van der Waals surface area contributed by atoms with Crippen molar-refractivity contribution in [3.63, 3.8) is 0 Å². The molecule has 0 aliphatic carbocycles. The first-order chi connectivity index (χ1) is 27.0. The van der Waals surface area contributed by atoms with Crippen LogP contribution in [0.2, 0.25) is 0 Å². The quantitative estimate of drug-likeness (QED) is 0.0650. The van der Waals surface area contributed by atoms with Crippen LogP contribution in [0.4, 0.5) is 119 Å². The lowest BCUT2D eigenvalue weighted by Gasteiger charge is -2.34. The van der Waals surface area contributed by atoms with Crippen molar-refractivity contribution < 1.29 is 156 Å². The maximum absolute atomic E-state index is 13.9. The van der Waals surface area contributed by atoms with Gasteiger partial charge in [0.2, 0.25) is 0 Å². The zero-order valence-corrected chi connectivity index (χ0v) is 32.1. The minimum absolute atomic E-state index is 0.142. The highest BCUT2D eigenvalue weighted by atomic mass is 32.2. The first kappa shape index (κ1) is 60.8. The van der Waals surface area contributed by atoms with Gasteiger partial charge in [0.1, 0.15) is 0 Å². The van der Waals surface area contributed by atoms with Crippen LogP contribution in [0.1, 0.15) is 39.0 Å². The third-order valence-corrected chi connectivity index (χ3v) is 11.6. The van der Waals surface area contributed by atoms with Crippen LogP contribution in [0, 0.1) is 0 Å². The van der Waals surface area contributed by atoms with Crippen LogP contribution in [-0.4, -0.2) is 133 Å². The highest BCUT2D eigenvalue weighted by Crippen LogP contribution is 2.56. The van der Waals surface area contributed by atoms with Gasteiger partial charge < -0.3 is 0 Å². The van der Waals surface area contributed by atoms with E-state index in [9.17, 15) is 144 Å². The molecule has 39 heteroatoms. The van der Waals surface area contributed by atoms with Crippen LogP contribution >= 0.6 is 0 Å². The lowest BCUT2D eigenvalue weighted by molar-refractivity contribution is -0.396. The van der Waals surface area contributed by atoms with E-state index in [2.05, 4.69) is 12.5 Å². The van der Waals surface area contributed by atoms with Gasteiger partial charge in [-0.25, -0.2) is 0 Å². The molecule has 0 fully saturated rings. The van der Waals surface area contributed by atoms with Crippen molar-refractivity contribution in [1.82, 2.24) is 0 Å². The predicted octanol–water partition coefficient (Wildman–Crippen LogP) is 9.14. The molecule has 0 bridgehead atoms. The molecule has 0 aliphatic rings. The van der Waals surface area contributed by atoms with E-state index in [0.29, 0.717) is 0 Å². The molecule has 0 radical (unpaired) electrons. The Bertz CT molecular complexity index is 1800. The molecule has 0 spiro atoms. The molecule has 0 atom stereocenters. The summed E-state index contributed by atoms with van der Waals surface area (Å²) in [5.41, 5.74) is -3.27. The van der Waals surface area contributed by atoms with Gasteiger partial charge >= 0.3 is 71.8 Å². The SMILES string of the molecule is CC(CCOS(=O)(=O)CCC(F)(F)C(F)(F)C(F)(F)C(F)(F)F)(CCOS(=O)(=O)CCC(F)(F)C(F)(F)C(F)(F)C(F)(F)F)OS(=O)(=O)CCC(F)(F)C(F)(F)C(F)(F)C(F)(F)F. The molecule has 0 saturated carbocycles. The van der Waals surface area contributed by atoms with E-state index in [1.54, 1.807) is 0 Å². The molecule has 0 heterocycles. The van der Waals surface area contributed by atoms with E-state index < -0.39 is 170 Å². The van der Waals surface area contributed by atoms with Crippen molar-refractivity contribution in [2.45, 2.75) is 116 Å². The Labute approximate surface area is 333 Å². The van der Waals surface area contributed by atoms with Crippen LogP contribution < -0.4 is 0 Å². The monoisotopic (exact) mass is 1060 g/mol. The van der Waals surface area contributed by atoms with Crippen LogP contribution in [-0.2, 0) is 42.9 Å². The Kier molecular flexibility index (Phi) is 17.5. The highest BCUT2D eigenvalue weighted by molar-refractivity contribution is 7.87. The fourth-order valence-electron chi connectivity index (χ4n) is 3.90. The summed E-state index contributed by atoms with van der Waals surface area (Å²) in [6.07, 6.45) is -35.3. The highest BCUT2D eigenvalue weighted by Gasteiger charge is 2.83. The molecule has 63 heavy (non-hydrogen) atoms. The molecule has 0 aliphatic heterocycles. The normalized spacial score (nSPS) is 16.2. The van der Waals surface area contributed by atoms with E-state index in [1.165, 1.54) is 0 Å². The lowest BCUT2D eigenvalue weighted by Crippen LogP contribution is -2.61. The zero-order chi connectivity index (χ0) is 51.2. The van der Waals surface area contributed by atoms with E-state index in [-0.39, 0.29) is 6.92 Å². The number of hydrogen-bond acceptors (Lipinski definition) is 9. The Morgan fingerprint density at radius 3 is 0.730 bits per heavy atom. The largest absolute Gasteiger partial charge is 0.460 e. The summed E-state index contributed by atoms with van der Waals surface area (Å²) in [5.74, 6) is -72.9. The summed E-state index contributed by atoms with van der Waals surface area (Å²) in [4.78, 5) is 0. The molecule has 0 unspecified atom stereocenters. The summed E-state index contributed by atoms with van der Waals surface area (Å²) < 4.78 is 438. The van der Waals surface area contributed by atoms with Crippen LogP contribution in [0.25, 0.3) is 0 Å². The average Bonchev–Trinajstić information content (AvgIpc) is 3.03. The van der Waals surface area contributed by atoms with Gasteiger partial charge in [0.15, 0.2) is 0 Å². The molecule has 0 amide bonds. The molecular weight excluding hydrogens is 1040 g/mol. The average molecular weight is 1060 g/mol. The predicted molar refractivity (Wildman–Crippen MR) is 149 cm³/mol. The van der Waals surface area contributed by atoms with Gasteiger partial charge in [0.05, 0.1) is 36.1 Å². The van der Waals surface area contributed by atoms with E-state index in [4.69, 9.17) is 0 Å². The first-order valence-corrected chi connectivity index (χ1v) is 20.0. The second kappa shape index (κ2) is 18.1. The van der Waals surface area contributed by atoms with Crippen molar-refractivity contribution in [2.75, 3.05) is 30.5 Å². The Morgan fingerprint density at radius 2 is 0.524 bits per heavy atom. The maximum atomic E-state index is 13.9. The number of rotatable bonds is 25. The van der Waals surface area contributed by atoms with Gasteiger partial charge in [-0.05, 0) is 6.92 Å². The summed E-state index contributed by atoms with van der Waals surface area (Å²) in [6, 6.07) is 0. The molecule has 0 aromatic rings. The smallest absolute Gasteiger partial charge is 0.270 e. The molecule has 0 N–H and O–H groups in total. The van der Waals surface area contributed by atoms with Crippen LogP contribution in [0.5, 0.6) is 0 Å². The van der Waals surface area contributed by atoms with Crippen molar-refractivity contribution >= 4 is 30.4 Å². The van der Waals surface area contributed by atoms with Gasteiger partial charge in [-0.15, -0.1) is 0 Å². The van der Waals surface area contributed by atoms with E-state index in [1.807, 2.05) is 0 Å². The van der Waals surface area contributed by atoms with Crippen LogP contribution in [0.3, 0.4) is 0 Å². The first-order valence-electron chi connectivity index (χ1n) is 15.3. The summed E-state index contributed by atoms with van der Waals surface area (Å²) in [5, 5.41) is 0. The third kappa shape index (κ3) is 13.5. The summed E-state index contributed by atoms with van der Waals surface area (Å²) >= 11 is 0. The molecular formula is C24H23F27O9S3. The molecule has 0 aromatic heterocycles. The van der Waals surface area contributed by atoms with E-state index >= 15 is 0 Å². The van der Waals surface area contributed by atoms with E-state index in [0.717, 1.165) is 0 Å². The fraction of sp³-hybridized carbons (Fsp3) is 1.00. The van der Waals surface area contributed by atoms with Crippen molar-refractivity contribution in [3.05, 3.63) is 0 Å². The van der Waals surface area contributed by atoms with Crippen molar-refractivity contribution in [3.8, 4) is 0 Å². The fourth-order valence-corrected chi connectivity index (χ4v) is 7.19. The maximum Gasteiger partial charge on any atom is 0.460 e. The standard InChI is InChI=1S/C24H23F27O9S3/c1-12(60-63(56,57)11-6-15(29,30)18(35,36)21(41,42)24(49,50)51,2-7-58-61(52,53)9-4-13(25,26)16(31,32)19(37,38)22(43,44)45)3-8-59-62(54,55)10-5-14(27,28)17(33,34)20(39,40)23(46,47)48/h2-11H2,1H3. The Hall–Kier alpha value is -2.16. The van der Waals surface area contributed by atoms with Gasteiger partial charge in [-0.1, -0.05) is 0 Å². The van der Waals surface area contributed by atoms with Crippen molar-refractivity contribution in [2.24, 2.45) is 0 Å². The Morgan fingerprint density at radius 1 is 0.317 bits per heavy atom. The number of halogens is 27. The van der Waals surface area contributed by atoms with Gasteiger partial charge in [-0.3, -0.25) is 12.5 Å². The van der Waals surface area contributed by atoms with Gasteiger partial charge in [-0.2, -0.15) is 144 Å². The molecule has 380 valence electrons. The molecule has 0 aromatic carbocycles. The summed E-state index contributed by atoms with van der Waals surface area (Å²) in [7, 11) is -18.2. The number of hydrogen-bond donors (Lipinski definition) is 0. The molecule has 0 saturated heterocycles.